The van der Waals surface area contributed by atoms with Crippen molar-refractivity contribution in [2.75, 3.05) is 6.54 Å². The van der Waals surface area contributed by atoms with Crippen molar-refractivity contribution < 1.29 is 34.5 Å². The van der Waals surface area contributed by atoms with Crippen LogP contribution in [0.25, 0.3) is 0 Å². The quantitative estimate of drug-likeness (QED) is 0.0465. The van der Waals surface area contributed by atoms with Gasteiger partial charge in [-0.1, -0.05) is 110 Å². The monoisotopic (exact) mass is 595 g/mol. The number of allylic oxidation sites excluding steroid dienone is 1. The summed E-state index contributed by atoms with van der Waals surface area (Å²) in [6, 6.07) is 0. The molecule has 1 amide bonds. The molecule has 0 unspecified atom stereocenters. The average Bonchev–Trinajstić information content (AvgIpc) is 2.93. The minimum Gasteiger partial charge on any atom is -0.513 e. The molecule has 0 aliphatic carbocycles. The lowest BCUT2D eigenvalue weighted by molar-refractivity contribution is -0.144. The number of Topliss-reactive ketones (excluding diaryl/α,β-unsaturated/α-hetero) is 1. The molecule has 0 aromatic heterocycles. The standard InChI is InChI=1S/C34H61NO7/c1-28(29(2)36)21-19-20-26-35-32(38)25-24-30(34(41)42)27-31(37)22-17-15-13-11-9-7-5-3-4-6-8-10-12-14-16-18-23-33(39)40/h28,30,36H,2-27H2,1H3,(H,35,38)(H,39,40)(H,41,42)/t28-,30+/m0/s1. The summed E-state index contributed by atoms with van der Waals surface area (Å²) in [7, 11) is 0. The number of aliphatic hydroxyl groups is 1. The fraction of sp³-hybridized carbons (Fsp3) is 0.824. The fourth-order valence-corrected chi connectivity index (χ4v) is 5.13. The van der Waals surface area contributed by atoms with Crippen LogP contribution >= 0.6 is 0 Å². The molecule has 0 bridgehead atoms. The van der Waals surface area contributed by atoms with Gasteiger partial charge in [0.05, 0.1) is 11.7 Å². The summed E-state index contributed by atoms with van der Waals surface area (Å²) in [5.74, 6) is -2.52. The number of unbranched alkanes of at least 4 members (excludes halogenated alkanes) is 16. The van der Waals surface area contributed by atoms with Crippen molar-refractivity contribution >= 4 is 23.6 Å². The Morgan fingerprint density at radius 3 is 1.48 bits per heavy atom. The average molecular weight is 596 g/mol. The van der Waals surface area contributed by atoms with Crippen LogP contribution in [-0.4, -0.2) is 45.5 Å². The lowest BCUT2D eigenvalue weighted by Crippen LogP contribution is -2.26. The Labute approximate surface area is 255 Å². The highest BCUT2D eigenvalue weighted by Crippen LogP contribution is 2.17. The second-order valence-electron chi connectivity index (χ2n) is 12.1. The molecule has 0 aromatic rings. The zero-order valence-corrected chi connectivity index (χ0v) is 26.5. The van der Waals surface area contributed by atoms with Crippen molar-refractivity contribution in [3.63, 3.8) is 0 Å². The maximum atomic E-state index is 12.3. The van der Waals surface area contributed by atoms with Gasteiger partial charge in [0, 0.05) is 38.1 Å². The van der Waals surface area contributed by atoms with E-state index in [1.54, 1.807) is 0 Å². The first-order chi connectivity index (χ1) is 20.1. The van der Waals surface area contributed by atoms with Crippen molar-refractivity contribution in [1.82, 2.24) is 5.32 Å². The highest BCUT2D eigenvalue weighted by Gasteiger charge is 2.22. The summed E-state index contributed by atoms with van der Waals surface area (Å²) in [6.07, 6.45) is 21.9. The van der Waals surface area contributed by atoms with Gasteiger partial charge in [-0.3, -0.25) is 19.2 Å². The summed E-state index contributed by atoms with van der Waals surface area (Å²) >= 11 is 0. The predicted molar refractivity (Wildman–Crippen MR) is 169 cm³/mol. The number of carboxylic acids is 2. The van der Waals surface area contributed by atoms with Gasteiger partial charge in [-0.05, 0) is 32.1 Å². The van der Waals surface area contributed by atoms with Crippen molar-refractivity contribution in [3.8, 4) is 0 Å². The smallest absolute Gasteiger partial charge is 0.306 e. The normalized spacial score (nSPS) is 12.5. The van der Waals surface area contributed by atoms with E-state index in [1.807, 2.05) is 6.92 Å². The molecule has 244 valence electrons. The first kappa shape index (κ1) is 39.6. The van der Waals surface area contributed by atoms with Crippen LogP contribution in [0.15, 0.2) is 12.3 Å². The molecule has 0 radical (unpaired) electrons. The number of carboxylic acid groups (broad SMARTS) is 2. The van der Waals surface area contributed by atoms with Gasteiger partial charge < -0.3 is 20.6 Å². The Bertz CT molecular complexity index is 752. The zero-order valence-electron chi connectivity index (χ0n) is 26.5. The number of ketones is 1. The van der Waals surface area contributed by atoms with Gasteiger partial charge in [0.2, 0.25) is 5.91 Å². The van der Waals surface area contributed by atoms with Gasteiger partial charge >= 0.3 is 11.9 Å². The summed E-state index contributed by atoms with van der Waals surface area (Å²) in [5, 5.41) is 30.2. The van der Waals surface area contributed by atoms with E-state index < -0.39 is 17.9 Å². The second kappa shape index (κ2) is 27.5. The van der Waals surface area contributed by atoms with Crippen LogP contribution in [0.2, 0.25) is 0 Å². The number of rotatable bonds is 31. The van der Waals surface area contributed by atoms with E-state index >= 15 is 0 Å². The molecule has 0 saturated heterocycles. The first-order valence-corrected chi connectivity index (χ1v) is 16.7. The Kier molecular flexibility index (Phi) is 25.9. The van der Waals surface area contributed by atoms with Gasteiger partial charge in [-0.25, -0.2) is 0 Å². The number of carbonyl (C=O) groups excluding carboxylic acids is 2. The lowest BCUT2D eigenvalue weighted by atomic mass is 9.94. The molecule has 4 N–H and O–H groups in total. The van der Waals surface area contributed by atoms with E-state index in [-0.39, 0.29) is 42.6 Å². The fourth-order valence-electron chi connectivity index (χ4n) is 5.13. The van der Waals surface area contributed by atoms with E-state index in [1.165, 1.54) is 64.2 Å². The third kappa shape index (κ3) is 26.5. The van der Waals surface area contributed by atoms with Gasteiger partial charge in [0.15, 0.2) is 0 Å². The Balaban J connectivity index is 3.65. The van der Waals surface area contributed by atoms with Crippen LogP contribution in [-0.2, 0) is 19.2 Å². The Morgan fingerprint density at radius 1 is 0.595 bits per heavy atom. The van der Waals surface area contributed by atoms with Crippen LogP contribution in [0.5, 0.6) is 0 Å². The molecule has 8 heteroatoms. The number of amides is 1. The zero-order chi connectivity index (χ0) is 31.4. The van der Waals surface area contributed by atoms with E-state index in [9.17, 15) is 29.4 Å². The molecule has 0 aromatic carbocycles. The molecular formula is C34H61NO7. The number of carbonyl (C=O) groups is 4. The van der Waals surface area contributed by atoms with Crippen molar-refractivity contribution in [2.24, 2.45) is 11.8 Å². The molecule has 0 aliphatic heterocycles. The van der Waals surface area contributed by atoms with Crippen LogP contribution < -0.4 is 5.32 Å². The molecule has 0 fully saturated rings. The SMILES string of the molecule is C=C(O)[C@@H](C)CCCCNC(=O)CC[C@H](CC(=O)CCCCCCCCCCCCCCCCCCC(=O)O)C(=O)O. The minimum atomic E-state index is -1.01. The number of hydrogen-bond donors (Lipinski definition) is 4. The molecule has 0 heterocycles. The topological polar surface area (TPSA) is 141 Å². The molecule has 0 rings (SSSR count). The number of nitrogens with one attached hydrogen (secondary N) is 1. The molecular weight excluding hydrogens is 534 g/mol. The summed E-state index contributed by atoms with van der Waals surface area (Å²) in [5.41, 5.74) is 0. The summed E-state index contributed by atoms with van der Waals surface area (Å²) < 4.78 is 0. The van der Waals surface area contributed by atoms with Crippen molar-refractivity contribution in [1.29, 1.82) is 0 Å². The Hall–Kier alpha value is -2.38. The molecule has 2 atom stereocenters. The maximum Gasteiger partial charge on any atom is 0.306 e. The third-order valence-electron chi connectivity index (χ3n) is 8.09. The van der Waals surface area contributed by atoms with Gasteiger partial charge in [-0.15, -0.1) is 0 Å². The lowest BCUT2D eigenvalue weighted by Gasteiger charge is -2.12. The number of aliphatic hydroxyl groups excluding tert-OH is 1. The van der Waals surface area contributed by atoms with Crippen LogP contribution in [0, 0.1) is 11.8 Å². The molecule has 42 heavy (non-hydrogen) atoms. The third-order valence-corrected chi connectivity index (χ3v) is 8.09. The van der Waals surface area contributed by atoms with E-state index in [0.717, 1.165) is 57.8 Å². The largest absolute Gasteiger partial charge is 0.513 e. The number of aliphatic carboxylic acids is 2. The van der Waals surface area contributed by atoms with Crippen LogP contribution in [0.1, 0.15) is 161 Å². The highest BCUT2D eigenvalue weighted by molar-refractivity contribution is 5.84. The van der Waals surface area contributed by atoms with Crippen molar-refractivity contribution in [3.05, 3.63) is 12.3 Å². The van der Waals surface area contributed by atoms with Crippen LogP contribution in [0.4, 0.5) is 0 Å². The number of hydrogen-bond acceptors (Lipinski definition) is 5. The highest BCUT2D eigenvalue weighted by atomic mass is 16.4. The van der Waals surface area contributed by atoms with Gasteiger partial charge in [-0.2, -0.15) is 0 Å². The predicted octanol–water partition coefficient (Wildman–Crippen LogP) is 8.53. The van der Waals surface area contributed by atoms with E-state index in [0.29, 0.717) is 19.4 Å². The first-order valence-electron chi connectivity index (χ1n) is 16.7. The van der Waals surface area contributed by atoms with E-state index in [2.05, 4.69) is 11.9 Å². The maximum absolute atomic E-state index is 12.3. The minimum absolute atomic E-state index is 0.00165. The molecule has 0 spiro atoms. The van der Waals surface area contributed by atoms with E-state index in [4.69, 9.17) is 5.11 Å². The summed E-state index contributed by atoms with van der Waals surface area (Å²) in [6.45, 7) is 5.94. The second-order valence-corrected chi connectivity index (χ2v) is 12.1. The molecule has 0 aliphatic rings. The van der Waals surface area contributed by atoms with Crippen molar-refractivity contribution in [2.45, 2.75) is 161 Å². The van der Waals surface area contributed by atoms with Gasteiger partial charge in [0.1, 0.15) is 5.78 Å². The Morgan fingerprint density at radius 2 is 1.05 bits per heavy atom. The van der Waals surface area contributed by atoms with Crippen LogP contribution in [0.3, 0.4) is 0 Å². The molecule has 8 nitrogen and oxygen atoms in total. The summed E-state index contributed by atoms with van der Waals surface area (Å²) in [4.78, 5) is 46.5. The molecule has 0 saturated carbocycles. The van der Waals surface area contributed by atoms with Gasteiger partial charge in [0.25, 0.3) is 0 Å².